The lowest BCUT2D eigenvalue weighted by atomic mass is 10.1. The van der Waals surface area contributed by atoms with Gasteiger partial charge in [-0.05, 0) is 30.3 Å². The number of anilines is 1. The Labute approximate surface area is 170 Å². The zero-order valence-corrected chi connectivity index (χ0v) is 15.4. The second-order valence-electron chi connectivity index (χ2n) is 6.54. The van der Waals surface area contributed by atoms with Crippen LogP contribution in [0.25, 0.3) is 16.9 Å². The van der Waals surface area contributed by atoms with Gasteiger partial charge in [-0.15, -0.1) is 0 Å². The number of carbonyl (C=O) groups excluding carboxylic acids is 1. The Morgan fingerprint density at radius 2 is 1.50 bits per heavy atom. The molecule has 0 bridgehead atoms. The van der Waals surface area contributed by atoms with Crippen molar-refractivity contribution in [3.63, 3.8) is 0 Å². The van der Waals surface area contributed by atoms with Gasteiger partial charge in [0.2, 0.25) is 0 Å². The first-order valence-corrected chi connectivity index (χ1v) is 8.88. The SMILES string of the molecule is O=C(O)c1cc(NC(=O)c2ccn3cc(-c4ccccc4)nc3c2)cc(C(=O)O)c1. The normalized spacial score (nSPS) is 10.7. The number of amides is 1. The van der Waals surface area contributed by atoms with Crippen LogP contribution in [0.15, 0.2) is 73.1 Å². The fraction of sp³-hybridized carbons (Fsp3) is 0. The molecule has 0 saturated carbocycles. The summed E-state index contributed by atoms with van der Waals surface area (Å²) in [6, 6.07) is 16.2. The number of aromatic nitrogens is 2. The minimum absolute atomic E-state index is 0.0745. The van der Waals surface area contributed by atoms with Gasteiger partial charge >= 0.3 is 11.9 Å². The van der Waals surface area contributed by atoms with Crippen LogP contribution in [0.3, 0.4) is 0 Å². The molecule has 0 atom stereocenters. The maximum atomic E-state index is 12.7. The molecule has 148 valence electrons. The average Bonchev–Trinajstić information content (AvgIpc) is 3.17. The first-order chi connectivity index (χ1) is 14.4. The molecule has 2 heterocycles. The Hall–Kier alpha value is -4.46. The minimum atomic E-state index is -1.29. The van der Waals surface area contributed by atoms with Gasteiger partial charge in [-0.1, -0.05) is 30.3 Å². The summed E-state index contributed by atoms with van der Waals surface area (Å²) in [6.45, 7) is 0. The van der Waals surface area contributed by atoms with E-state index in [4.69, 9.17) is 10.2 Å². The lowest BCUT2D eigenvalue weighted by Gasteiger charge is -2.08. The molecule has 8 heteroatoms. The molecule has 0 spiro atoms. The van der Waals surface area contributed by atoms with Crippen LogP contribution >= 0.6 is 0 Å². The van der Waals surface area contributed by atoms with Crippen molar-refractivity contribution in [3.05, 3.63) is 89.7 Å². The molecule has 30 heavy (non-hydrogen) atoms. The van der Waals surface area contributed by atoms with Crippen molar-refractivity contribution in [1.29, 1.82) is 0 Å². The fourth-order valence-corrected chi connectivity index (χ4v) is 3.02. The van der Waals surface area contributed by atoms with E-state index < -0.39 is 17.8 Å². The summed E-state index contributed by atoms with van der Waals surface area (Å²) in [5.41, 5.74) is 2.16. The third kappa shape index (κ3) is 3.74. The lowest BCUT2D eigenvalue weighted by Crippen LogP contribution is -2.14. The van der Waals surface area contributed by atoms with Gasteiger partial charge < -0.3 is 19.9 Å². The van der Waals surface area contributed by atoms with Gasteiger partial charge in [0.15, 0.2) is 0 Å². The molecule has 0 saturated heterocycles. The second kappa shape index (κ2) is 7.51. The van der Waals surface area contributed by atoms with Crippen molar-refractivity contribution in [1.82, 2.24) is 9.38 Å². The topological polar surface area (TPSA) is 121 Å². The molecule has 3 N–H and O–H groups in total. The van der Waals surface area contributed by atoms with Crippen LogP contribution in [0.2, 0.25) is 0 Å². The maximum absolute atomic E-state index is 12.7. The van der Waals surface area contributed by atoms with Crippen molar-refractivity contribution in [2.24, 2.45) is 0 Å². The van der Waals surface area contributed by atoms with Crippen molar-refractivity contribution in [2.75, 3.05) is 5.32 Å². The Balaban J connectivity index is 1.64. The second-order valence-corrected chi connectivity index (χ2v) is 6.54. The van der Waals surface area contributed by atoms with Crippen LogP contribution in [0.5, 0.6) is 0 Å². The number of aromatic carboxylic acids is 2. The van der Waals surface area contributed by atoms with Crippen molar-refractivity contribution in [3.8, 4) is 11.3 Å². The Morgan fingerprint density at radius 3 is 2.13 bits per heavy atom. The summed E-state index contributed by atoms with van der Waals surface area (Å²) in [5.74, 6) is -3.10. The van der Waals surface area contributed by atoms with Crippen LogP contribution in [0.1, 0.15) is 31.1 Å². The van der Waals surface area contributed by atoms with Crippen molar-refractivity contribution in [2.45, 2.75) is 0 Å². The Kier molecular flexibility index (Phi) is 4.73. The van der Waals surface area contributed by atoms with Gasteiger partial charge in [0.05, 0.1) is 16.8 Å². The van der Waals surface area contributed by atoms with E-state index in [1.54, 1.807) is 22.7 Å². The van der Waals surface area contributed by atoms with E-state index in [0.29, 0.717) is 11.2 Å². The molecule has 2 aromatic carbocycles. The number of hydrogen-bond donors (Lipinski definition) is 3. The Bertz CT molecular complexity index is 1260. The van der Waals surface area contributed by atoms with Crippen LogP contribution < -0.4 is 5.32 Å². The number of rotatable bonds is 5. The van der Waals surface area contributed by atoms with Crippen molar-refractivity contribution >= 4 is 29.2 Å². The number of carboxylic acids is 2. The molecular weight excluding hydrogens is 386 g/mol. The van der Waals surface area contributed by atoms with E-state index in [9.17, 15) is 14.4 Å². The monoisotopic (exact) mass is 401 g/mol. The molecule has 2 aromatic heterocycles. The van der Waals surface area contributed by atoms with Crippen LogP contribution in [-0.2, 0) is 0 Å². The van der Waals surface area contributed by atoms with Crippen LogP contribution in [0.4, 0.5) is 5.69 Å². The summed E-state index contributed by atoms with van der Waals surface area (Å²) in [6.07, 6.45) is 3.54. The van der Waals surface area contributed by atoms with Gasteiger partial charge in [0.25, 0.3) is 5.91 Å². The van der Waals surface area contributed by atoms with Crippen LogP contribution in [-0.4, -0.2) is 37.4 Å². The predicted octanol–water partition coefficient (Wildman–Crippen LogP) is 3.65. The number of nitrogens with one attached hydrogen (secondary N) is 1. The lowest BCUT2D eigenvalue weighted by molar-refractivity contribution is 0.0696. The molecule has 0 aliphatic rings. The summed E-state index contributed by atoms with van der Waals surface area (Å²) >= 11 is 0. The van der Waals surface area contributed by atoms with Crippen LogP contribution in [0, 0.1) is 0 Å². The number of carboxylic acid groups (broad SMARTS) is 2. The zero-order valence-electron chi connectivity index (χ0n) is 15.4. The minimum Gasteiger partial charge on any atom is -0.478 e. The molecule has 1 amide bonds. The molecule has 0 radical (unpaired) electrons. The first kappa shape index (κ1) is 18.9. The molecule has 0 aliphatic heterocycles. The number of pyridine rings is 1. The summed E-state index contributed by atoms with van der Waals surface area (Å²) in [5, 5.41) is 20.9. The highest BCUT2D eigenvalue weighted by Gasteiger charge is 2.14. The quantitative estimate of drug-likeness (QED) is 0.469. The largest absolute Gasteiger partial charge is 0.478 e. The van der Waals surface area contributed by atoms with Gasteiger partial charge in [-0.2, -0.15) is 0 Å². The van der Waals surface area contributed by atoms with Gasteiger partial charge in [0.1, 0.15) is 5.65 Å². The van der Waals surface area contributed by atoms with Gasteiger partial charge in [0, 0.05) is 29.2 Å². The van der Waals surface area contributed by atoms with E-state index in [2.05, 4.69) is 10.3 Å². The van der Waals surface area contributed by atoms with E-state index in [0.717, 1.165) is 17.3 Å². The summed E-state index contributed by atoms with van der Waals surface area (Å²) < 4.78 is 1.78. The van der Waals surface area contributed by atoms with E-state index in [1.807, 2.05) is 36.5 Å². The predicted molar refractivity (Wildman–Crippen MR) is 109 cm³/mol. The summed E-state index contributed by atoms with van der Waals surface area (Å²) in [4.78, 5) is 39.7. The molecule has 0 fully saturated rings. The highest BCUT2D eigenvalue weighted by Crippen LogP contribution is 2.20. The molecule has 0 unspecified atom stereocenters. The average molecular weight is 401 g/mol. The zero-order chi connectivity index (χ0) is 21.3. The maximum Gasteiger partial charge on any atom is 0.335 e. The highest BCUT2D eigenvalue weighted by molar-refractivity contribution is 6.06. The number of nitrogens with zero attached hydrogens (tertiary/aromatic N) is 2. The molecule has 4 rings (SSSR count). The van der Waals surface area contributed by atoms with E-state index in [-0.39, 0.29) is 16.8 Å². The Morgan fingerprint density at radius 1 is 0.833 bits per heavy atom. The first-order valence-electron chi connectivity index (χ1n) is 8.88. The molecule has 0 aliphatic carbocycles. The molecule has 4 aromatic rings. The number of imidazole rings is 1. The number of carbonyl (C=O) groups is 3. The van der Waals surface area contributed by atoms with Gasteiger partial charge in [-0.3, -0.25) is 4.79 Å². The van der Waals surface area contributed by atoms with Crippen molar-refractivity contribution < 1.29 is 24.6 Å². The van der Waals surface area contributed by atoms with Gasteiger partial charge in [-0.25, -0.2) is 14.6 Å². The summed E-state index contributed by atoms with van der Waals surface area (Å²) in [7, 11) is 0. The fourth-order valence-electron chi connectivity index (χ4n) is 3.02. The number of fused-ring (bicyclic) bond motifs is 1. The smallest absolute Gasteiger partial charge is 0.335 e. The number of hydrogen-bond acceptors (Lipinski definition) is 4. The third-order valence-corrected chi connectivity index (χ3v) is 4.48. The highest BCUT2D eigenvalue weighted by atomic mass is 16.4. The van der Waals surface area contributed by atoms with E-state index >= 15 is 0 Å². The standard InChI is InChI=1S/C22H15N3O5/c26-20(23-17-9-15(21(27)28)8-16(10-17)22(29)30)14-6-7-25-12-18(24-19(25)11-14)13-4-2-1-3-5-13/h1-12H,(H,23,26)(H,27,28)(H,29,30). The molecular formula is C22H15N3O5. The number of benzene rings is 2. The molecule has 8 nitrogen and oxygen atoms in total. The van der Waals surface area contributed by atoms with E-state index in [1.165, 1.54) is 12.1 Å². The third-order valence-electron chi connectivity index (χ3n) is 4.48.